The molecule has 0 atom stereocenters. The highest BCUT2D eigenvalue weighted by Gasteiger charge is 2.40. The van der Waals surface area contributed by atoms with E-state index in [1.165, 1.54) is 0 Å². The first-order valence-electron chi connectivity index (χ1n) is 6.64. The third kappa shape index (κ3) is 20.9. The van der Waals surface area contributed by atoms with Crippen LogP contribution in [0.3, 0.4) is 0 Å². The van der Waals surface area contributed by atoms with Gasteiger partial charge in [0.1, 0.15) is 6.10 Å². The molecule has 0 aromatic heterocycles. The summed E-state index contributed by atoms with van der Waals surface area (Å²) >= 11 is 0. The molecule has 0 unspecified atom stereocenters. The lowest BCUT2D eigenvalue weighted by molar-refractivity contribution is -0.170. The highest BCUT2D eigenvalue weighted by atomic mass is 16.4. The Bertz CT molecular complexity index is 501. The summed E-state index contributed by atoms with van der Waals surface area (Å²) in [5.41, 5.74) is -2.74. The fourth-order valence-electron chi connectivity index (χ4n) is 0.914. The molecule has 0 aliphatic rings. The maximum Gasteiger partial charge on any atom is 0.336 e. The van der Waals surface area contributed by atoms with Crippen molar-refractivity contribution in [1.29, 1.82) is 0 Å². The molecule has 0 aromatic rings. The van der Waals surface area contributed by atoms with Crippen molar-refractivity contribution in [2.45, 2.75) is 24.5 Å². The summed E-state index contributed by atoms with van der Waals surface area (Å²) in [7, 11) is 0. The van der Waals surface area contributed by atoms with Gasteiger partial charge >= 0.3 is 29.8 Å². The Kier molecular flexibility index (Phi) is 16.2. The third-order valence-electron chi connectivity index (χ3n) is 2.08. The van der Waals surface area contributed by atoms with Crippen molar-refractivity contribution in [1.82, 2.24) is 0 Å². The predicted molar refractivity (Wildman–Crippen MR) is 81.7 cm³/mol. The molecule has 14 heteroatoms. The monoisotopic (exact) mass is 400 g/mol. The zero-order valence-electron chi connectivity index (χ0n) is 13.6. The minimum absolute atomic E-state index is 0.365. The molecule has 0 aliphatic heterocycles. The summed E-state index contributed by atoms with van der Waals surface area (Å²) in [5, 5.41) is 73.5. The van der Waals surface area contributed by atoms with Gasteiger partial charge in [-0.1, -0.05) is 0 Å². The van der Waals surface area contributed by atoms with Gasteiger partial charge in [0.25, 0.3) is 0 Å². The van der Waals surface area contributed by atoms with Crippen molar-refractivity contribution in [3.63, 3.8) is 0 Å². The van der Waals surface area contributed by atoms with Crippen LogP contribution in [0.25, 0.3) is 0 Å². The molecule has 0 fully saturated rings. The standard InChI is InChI=1S/C6H8O7.C4H4O4.C3H8O3/c7-3(8)1-6(13,5(11)12)2-4(9)10;5-3(6)1-2-4(7)8;4-1-3(6)2-5/h13H,1-2H2,(H,7,8)(H,9,10)(H,11,12);1-2H,(H,5,6)(H,7,8);3-6H,1-2H2/b;2-1+;. The minimum atomic E-state index is -2.74. The number of carboxylic acids is 5. The number of aliphatic hydroxyl groups is 4. The van der Waals surface area contributed by atoms with E-state index in [1.807, 2.05) is 0 Å². The number of hydrogen-bond donors (Lipinski definition) is 9. The Hall–Kier alpha value is -3.07. The molecule has 0 amide bonds. The van der Waals surface area contributed by atoms with E-state index >= 15 is 0 Å². The molecule has 0 saturated heterocycles. The third-order valence-corrected chi connectivity index (χ3v) is 2.08. The molecule has 156 valence electrons. The minimum Gasteiger partial charge on any atom is -0.481 e. The van der Waals surface area contributed by atoms with Crippen LogP contribution in [-0.2, 0) is 24.0 Å². The Balaban J connectivity index is -0.000000351. The maximum atomic E-state index is 10.3. The number of rotatable bonds is 9. The number of carbonyl (C=O) groups is 5. The van der Waals surface area contributed by atoms with Crippen LogP contribution in [0.2, 0.25) is 0 Å². The number of aliphatic carboxylic acids is 5. The van der Waals surface area contributed by atoms with Gasteiger partial charge in [-0.3, -0.25) is 9.59 Å². The molecule has 0 spiro atoms. The second-order valence-corrected chi connectivity index (χ2v) is 4.51. The van der Waals surface area contributed by atoms with Crippen LogP contribution in [0.1, 0.15) is 12.8 Å². The van der Waals surface area contributed by atoms with Crippen LogP contribution in [0, 0.1) is 0 Å². The van der Waals surface area contributed by atoms with Crippen LogP contribution >= 0.6 is 0 Å². The highest BCUT2D eigenvalue weighted by molar-refractivity contribution is 5.89. The van der Waals surface area contributed by atoms with Gasteiger partial charge in [-0.05, 0) is 0 Å². The van der Waals surface area contributed by atoms with E-state index in [9.17, 15) is 24.0 Å². The summed E-state index contributed by atoms with van der Waals surface area (Å²) in [6, 6.07) is 0. The van der Waals surface area contributed by atoms with Crippen LogP contribution in [0.4, 0.5) is 0 Å². The quantitative estimate of drug-likeness (QED) is 0.172. The molecule has 0 aliphatic carbocycles. The number of carboxylic acid groups (broad SMARTS) is 5. The first kappa shape index (κ1) is 28.7. The molecule has 0 saturated carbocycles. The van der Waals surface area contributed by atoms with Crippen molar-refractivity contribution in [2.24, 2.45) is 0 Å². The molecule has 0 bridgehead atoms. The maximum absolute atomic E-state index is 10.3. The van der Waals surface area contributed by atoms with Crippen molar-refractivity contribution in [3.05, 3.63) is 12.2 Å². The van der Waals surface area contributed by atoms with Crippen LogP contribution in [-0.4, -0.2) is 101 Å². The Morgan fingerprint density at radius 3 is 1.15 bits per heavy atom. The predicted octanol–water partition coefficient (Wildman–Crippen LogP) is -3.20. The lowest BCUT2D eigenvalue weighted by Gasteiger charge is -2.18. The fraction of sp³-hybridized carbons (Fsp3) is 0.462. The van der Waals surface area contributed by atoms with Crippen molar-refractivity contribution >= 4 is 29.8 Å². The lowest BCUT2D eigenvalue weighted by atomic mass is 9.96. The summed E-state index contributed by atoms with van der Waals surface area (Å²) in [6.07, 6.45) is -2.13. The second kappa shape index (κ2) is 15.2. The van der Waals surface area contributed by atoms with E-state index in [0.717, 1.165) is 0 Å². The first-order chi connectivity index (χ1) is 12.2. The highest BCUT2D eigenvalue weighted by Crippen LogP contribution is 2.15. The Morgan fingerprint density at radius 2 is 1.04 bits per heavy atom. The summed E-state index contributed by atoms with van der Waals surface area (Å²) in [4.78, 5) is 49.6. The van der Waals surface area contributed by atoms with Gasteiger partial charge in [0, 0.05) is 12.2 Å². The molecular weight excluding hydrogens is 380 g/mol. The SMILES string of the molecule is O=C(O)/C=C/C(=O)O.O=C(O)CC(O)(CC(=O)O)C(=O)O.OCC(O)CO. The normalized spacial score (nSPS) is 10.3. The average Bonchev–Trinajstić information content (AvgIpc) is 2.51. The number of aliphatic hydroxyl groups excluding tert-OH is 3. The average molecular weight is 400 g/mol. The van der Waals surface area contributed by atoms with E-state index in [4.69, 9.17) is 46.0 Å². The van der Waals surface area contributed by atoms with Gasteiger partial charge in [-0.15, -0.1) is 0 Å². The second-order valence-electron chi connectivity index (χ2n) is 4.51. The van der Waals surface area contributed by atoms with E-state index in [2.05, 4.69) is 0 Å². The summed E-state index contributed by atoms with van der Waals surface area (Å²) in [6.45, 7) is -0.729. The Labute approximate surface area is 150 Å². The van der Waals surface area contributed by atoms with Crippen LogP contribution in [0.15, 0.2) is 12.2 Å². The van der Waals surface area contributed by atoms with Crippen molar-refractivity contribution < 1.29 is 69.9 Å². The molecule has 0 radical (unpaired) electrons. The van der Waals surface area contributed by atoms with Gasteiger partial charge in [0.15, 0.2) is 5.60 Å². The topological polar surface area (TPSA) is 267 Å². The number of hydrogen-bond acceptors (Lipinski definition) is 9. The van der Waals surface area contributed by atoms with Gasteiger partial charge in [-0.25, -0.2) is 14.4 Å². The fourth-order valence-corrected chi connectivity index (χ4v) is 0.914. The summed E-state index contributed by atoms with van der Waals surface area (Å²) < 4.78 is 0. The molecular formula is C13H20O14. The lowest BCUT2D eigenvalue weighted by Crippen LogP contribution is -2.42. The van der Waals surface area contributed by atoms with Crippen LogP contribution < -0.4 is 0 Å². The van der Waals surface area contributed by atoms with E-state index in [0.29, 0.717) is 12.2 Å². The smallest absolute Gasteiger partial charge is 0.336 e. The zero-order valence-corrected chi connectivity index (χ0v) is 13.6. The van der Waals surface area contributed by atoms with Crippen LogP contribution in [0.5, 0.6) is 0 Å². The molecule has 27 heavy (non-hydrogen) atoms. The Morgan fingerprint density at radius 1 is 0.741 bits per heavy atom. The molecule has 0 aromatic carbocycles. The zero-order chi connectivity index (χ0) is 22.2. The molecule has 0 rings (SSSR count). The van der Waals surface area contributed by atoms with E-state index < -0.39 is 54.4 Å². The molecule has 9 N–H and O–H groups in total. The van der Waals surface area contributed by atoms with E-state index in [1.54, 1.807) is 0 Å². The van der Waals surface area contributed by atoms with Gasteiger partial charge in [0.2, 0.25) is 0 Å². The first-order valence-corrected chi connectivity index (χ1v) is 6.64. The van der Waals surface area contributed by atoms with Gasteiger partial charge in [0.05, 0.1) is 26.1 Å². The van der Waals surface area contributed by atoms with Crippen molar-refractivity contribution in [2.75, 3.05) is 13.2 Å². The molecule has 14 nitrogen and oxygen atoms in total. The molecule has 0 heterocycles. The largest absolute Gasteiger partial charge is 0.481 e. The van der Waals surface area contributed by atoms with E-state index in [-0.39, 0.29) is 13.2 Å². The van der Waals surface area contributed by atoms with Crippen molar-refractivity contribution in [3.8, 4) is 0 Å². The van der Waals surface area contributed by atoms with Gasteiger partial charge in [-0.2, -0.15) is 0 Å². The van der Waals surface area contributed by atoms with Gasteiger partial charge < -0.3 is 46.0 Å². The summed E-state index contributed by atoms with van der Waals surface area (Å²) in [5.74, 6) is -7.53.